The van der Waals surface area contributed by atoms with E-state index in [9.17, 15) is 9.59 Å². The number of urea groups is 1. The first-order valence-corrected chi connectivity index (χ1v) is 9.82. The SMILES string of the molecule is O=C(Nc1ccc2c(c1)CCCN2C(=O)c1ccccc1)Nc1ccccc1Cl. The minimum absolute atomic E-state index is 0.0104. The molecule has 0 aromatic heterocycles. The normalized spacial score (nSPS) is 12.8. The zero-order valence-corrected chi connectivity index (χ0v) is 16.4. The van der Waals surface area contributed by atoms with E-state index in [2.05, 4.69) is 10.6 Å². The van der Waals surface area contributed by atoms with Gasteiger partial charge in [-0.1, -0.05) is 41.9 Å². The third kappa shape index (κ3) is 4.25. The van der Waals surface area contributed by atoms with Crippen LogP contribution in [0.2, 0.25) is 5.02 Å². The van der Waals surface area contributed by atoms with Crippen LogP contribution in [0, 0.1) is 0 Å². The number of carbonyl (C=O) groups is 2. The van der Waals surface area contributed by atoms with Crippen molar-refractivity contribution in [1.29, 1.82) is 0 Å². The molecule has 0 spiro atoms. The lowest BCUT2D eigenvalue weighted by molar-refractivity contribution is 0.0985. The van der Waals surface area contributed by atoms with Crippen molar-refractivity contribution in [2.24, 2.45) is 0 Å². The van der Waals surface area contributed by atoms with E-state index in [1.165, 1.54) is 0 Å². The van der Waals surface area contributed by atoms with E-state index in [0.29, 0.717) is 28.5 Å². The van der Waals surface area contributed by atoms with Gasteiger partial charge in [0.1, 0.15) is 0 Å². The Bertz CT molecular complexity index is 1050. The number of para-hydroxylation sites is 1. The van der Waals surface area contributed by atoms with Crippen LogP contribution in [-0.4, -0.2) is 18.5 Å². The van der Waals surface area contributed by atoms with Crippen molar-refractivity contribution in [2.75, 3.05) is 22.1 Å². The maximum atomic E-state index is 12.9. The van der Waals surface area contributed by atoms with Gasteiger partial charge in [-0.15, -0.1) is 0 Å². The Kier molecular flexibility index (Phi) is 5.49. The molecule has 1 aliphatic rings. The summed E-state index contributed by atoms with van der Waals surface area (Å²) in [7, 11) is 0. The molecule has 4 rings (SSSR count). The second kappa shape index (κ2) is 8.37. The van der Waals surface area contributed by atoms with Crippen molar-refractivity contribution in [3.8, 4) is 0 Å². The summed E-state index contributed by atoms with van der Waals surface area (Å²) >= 11 is 6.08. The predicted octanol–water partition coefficient (Wildman–Crippen LogP) is 5.58. The lowest BCUT2D eigenvalue weighted by Crippen LogP contribution is -2.35. The zero-order valence-electron chi connectivity index (χ0n) is 15.7. The van der Waals surface area contributed by atoms with Gasteiger partial charge >= 0.3 is 6.03 Å². The predicted molar refractivity (Wildman–Crippen MR) is 117 cm³/mol. The summed E-state index contributed by atoms with van der Waals surface area (Å²) in [6.07, 6.45) is 1.73. The summed E-state index contributed by atoms with van der Waals surface area (Å²) in [6.45, 7) is 0.681. The minimum Gasteiger partial charge on any atom is -0.308 e. The van der Waals surface area contributed by atoms with Gasteiger partial charge < -0.3 is 15.5 Å². The van der Waals surface area contributed by atoms with Crippen LogP contribution >= 0.6 is 11.6 Å². The average Bonchev–Trinajstić information content (AvgIpc) is 2.75. The highest BCUT2D eigenvalue weighted by atomic mass is 35.5. The summed E-state index contributed by atoms with van der Waals surface area (Å²) in [5.41, 5.74) is 3.81. The molecule has 3 aromatic carbocycles. The topological polar surface area (TPSA) is 61.4 Å². The smallest absolute Gasteiger partial charge is 0.308 e. The van der Waals surface area contributed by atoms with Crippen LogP contribution in [0.15, 0.2) is 72.8 Å². The van der Waals surface area contributed by atoms with Gasteiger partial charge in [-0.25, -0.2) is 4.79 Å². The van der Waals surface area contributed by atoms with Gasteiger partial charge in [0.15, 0.2) is 0 Å². The van der Waals surface area contributed by atoms with E-state index < -0.39 is 0 Å². The molecule has 1 aliphatic heterocycles. The molecule has 0 fully saturated rings. The summed E-state index contributed by atoms with van der Waals surface area (Å²) in [5, 5.41) is 6.05. The Morgan fingerprint density at radius 1 is 0.897 bits per heavy atom. The second-order valence-electron chi connectivity index (χ2n) is 6.83. The molecule has 5 nitrogen and oxygen atoms in total. The fourth-order valence-corrected chi connectivity index (χ4v) is 3.65. The molecule has 0 atom stereocenters. The molecule has 0 saturated heterocycles. The molecule has 0 radical (unpaired) electrons. The summed E-state index contributed by atoms with van der Waals surface area (Å²) in [5.74, 6) is -0.0104. The number of carbonyl (C=O) groups excluding carboxylic acids is 2. The number of nitrogens with one attached hydrogen (secondary N) is 2. The molecule has 0 saturated carbocycles. The van der Waals surface area contributed by atoms with Gasteiger partial charge in [0, 0.05) is 23.5 Å². The molecule has 3 amide bonds. The first-order chi connectivity index (χ1) is 14.1. The molecular weight excluding hydrogens is 386 g/mol. The number of hydrogen-bond acceptors (Lipinski definition) is 2. The Balaban J connectivity index is 1.50. The van der Waals surface area contributed by atoms with Gasteiger partial charge in [-0.2, -0.15) is 0 Å². The Hall–Kier alpha value is -3.31. The molecule has 29 heavy (non-hydrogen) atoms. The molecule has 2 N–H and O–H groups in total. The standard InChI is InChI=1S/C23H20ClN3O2/c24-19-10-4-5-11-20(19)26-23(29)25-18-12-13-21-17(15-18)9-6-14-27(21)22(28)16-7-2-1-3-8-16/h1-5,7-8,10-13,15H,6,9,14H2,(H2,25,26,29). The Labute approximate surface area is 174 Å². The molecule has 3 aromatic rings. The van der Waals surface area contributed by atoms with E-state index >= 15 is 0 Å². The van der Waals surface area contributed by atoms with E-state index in [-0.39, 0.29) is 11.9 Å². The number of benzene rings is 3. The Morgan fingerprint density at radius 3 is 2.45 bits per heavy atom. The number of nitrogens with zero attached hydrogens (tertiary/aromatic N) is 1. The fraction of sp³-hybridized carbons (Fsp3) is 0.130. The number of aryl methyl sites for hydroxylation is 1. The van der Waals surface area contributed by atoms with Gasteiger partial charge in [-0.05, 0) is 60.9 Å². The van der Waals surface area contributed by atoms with Crippen LogP contribution in [0.4, 0.5) is 21.9 Å². The fourth-order valence-electron chi connectivity index (χ4n) is 3.47. The van der Waals surface area contributed by atoms with E-state index in [0.717, 1.165) is 24.1 Å². The molecule has 1 heterocycles. The third-order valence-corrected chi connectivity index (χ3v) is 5.17. The zero-order chi connectivity index (χ0) is 20.2. The monoisotopic (exact) mass is 405 g/mol. The first kappa shape index (κ1) is 19.0. The quantitative estimate of drug-likeness (QED) is 0.597. The van der Waals surface area contributed by atoms with Crippen molar-refractivity contribution in [3.05, 3.63) is 88.9 Å². The van der Waals surface area contributed by atoms with Gasteiger partial charge in [0.05, 0.1) is 10.7 Å². The number of fused-ring (bicyclic) bond motifs is 1. The van der Waals surface area contributed by atoms with Crippen LogP contribution in [-0.2, 0) is 6.42 Å². The molecule has 0 unspecified atom stereocenters. The van der Waals surface area contributed by atoms with Crippen LogP contribution in [0.5, 0.6) is 0 Å². The van der Waals surface area contributed by atoms with Crippen molar-refractivity contribution in [1.82, 2.24) is 0 Å². The summed E-state index contributed by atoms with van der Waals surface area (Å²) in [6, 6.07) is 21.6. The number of anilines is 3. The van der Waals surface area contributed by atoms with Gasteiger partial charge in [0.2, 0.25) is 0 Å². The highest BCUT2D eigenvalue weighted by Crippen LogP contribution is 2.31. The number of rotatable bonds is 3. The van der Waals surface area contributed by atoms with Crippen LogP contribution in [0.3, 0.4) is 0 Å². The first-order valence-electron chi connectivity index (χ1n) is 9.44. The maximum Gasteiger partial charge on any atom is 0.323 e. The molecule has 0 aliphatic carbocycles. The lowest BCUT2D eigenvalue weighted by Gasteiger charge is -2.30. The van der Waals surface area contributed by atoms with Crippen LogP contribution in [0.1, 0.15) is 22.3 Å². The highest BCUT2D eigenvalue weighted by Gasteiger charge is 2.23. The molecule has 0 bridgehead atoms. The Morgan fingerprint density at radius 2 is 1.66 bits per heavy atom. The molecular formula is C23H20ClN3O2. The van der Waals surface area contributed by atoms with Gasteiger partial charge in [-0.3, -0.25) is 4.79 Å². The van der Waals surface area contributed by atoms with Crippen LogP contribution in [0.25, 0.3) is 0 Å². The number of hydrogen-bond donors (Lipinski definition) is 2. The van der Waals surface area contributed by atoms with Crippen molar-refractivity contribution >= 4 is 40.6 Å². The number of amides is 3. The minimum atomic E-state index is -0.369. The second-order valence-corrected chi connectivity index (χ2v) is 7.24. The summed E-state index contributed by atoms with van der Waals surface area (Å²) in [4.78, 5) is 27.0. The summed E-state index contributed by atoms with van der Waals surface area (Å²) < 4.78 is 0. The van der Waals surface area contributed by atoms with Crippen LogP contribution < -0.4 is 15.5 Å². The highest BCUT2D eigenvalue weighted by molar-refractivity contribution is 6.33. The lowest BCUT2D eigenvalue weighted by atomic mass is 10.00. The van der Waals surface area contributed by atoms with E-state index in [1.807, 2.05) is 53.4 Å². The van der Waals surface area contributed by atoms with E-state index in [4.69, 9.17) is 11.6 Å². The van der Waals surface area contributed by atoms with Crippen molar-refractivity contribution in [2.45, 2.75) is 12.8 Å². The number of halogens is 1. The third-order valence-electron chi connectivity index (χ3n) is 4.84. The molecule has 146 valence electrons. The van der Waals surface area contributed by atoms with Gasteiger partial charge in [0.25, 0.3) is 5.91 Å². The van der Waals surface area contributed by atoms with E-state index in [1.54, 1.807) is 24.3 Å². The average molecular weight is 406 g/mol. The van der Waals surface area contributed by atoms with Crippen molar-refractivity contribution in [3.63, 3.8) is 0 Å². The largest absolute Gasteiger partial charge is 0.323 e. The maximum absolute atomic E-state index is 12.9. The van der Waals surface area contributed by atoms with Crippen molar-refractivity contribution < 1.29 is 9.59 Å². The molecule has 6 heteroatoms.